The second-order valence-corrected chi connectivity index (χ2v) is 3.39. The third-order valence-electron chi connectivity index (χ3n) is 1.78. The molecule has 84 valence electrons. The van der Waals surface area contributed by atoms with Crippen molar-refractivity contribution in [1.82, 2.24) is 5.32 Å². The predicted octanol–water partition coefficient (Wildman–Crippen LogP) is 0.690. The van der Waals surface area contributed by atoms with E-state index in [2.05, 4.69) is 5.32 Å². The maximum Gasteiger partial charge on any atom is 0.246 e. The van der Waals surface area contributed by atoms with Gasteiger partial charge in [-0.2, -0.15) is 0 Å². The number of aliphatic hydroxyl groups excluding tert-OH is 1. The van der Waals surface area contributed by atoms with Gasteiger partial charge in [0.2, 0.25) is 5.91 Å². The van der Waals surface area contributed by atoms with E-state index in [9.17, 15) is 4.79 Å². The van der Waals surface area contributed by atoms with E-state index in [1.807, 2.05) is 13.8 Å². The van der Waals surface area contributed by atoms with Gasteiger partial charge >= 0.3 is 0 Å². The van der Waals surface area contributed by atoms with Gasteiger partial charge in [-0.25, -0.2) is 0 Å². The summed E-state index contributed by atoms with van der Waals surface area (Å²) in [6, 6.07) is 0.111. The second kappa shape index (κ2) is 8.97. The molecule has 0 saturated heterocycles. The first kappa shape index (κ1) is 13.4. The highest BCUT2D eigenvalue weighted by Crippen LogP contribution is 1.94. The fourth-order valence-electron chi connectivity index (χ4n) is 1.10. The average molecular weight is 203 g/mol. The summed E-state index contributed by atoms with van der Waals surface area (Å²) in [7, 11) is 0. The lowest BCUT2D eigenvalue weighted by Gasteiger charge is -2.12. The number of hydrogen-bond acceptors (Lipinski definition) is 3. The average Bonchev–Trinajstić information content (AvgIpc) is 2.15. The van der Waals surface area contributed by atoms with Crippen molar-refractivity contribution in [2.75, 3.05) is 19.8 Å². The maximum absolute atomic E-state index is 11.2. The van der Waals surface area contributed by atoms with Gasteiger partial charge in [-0.1, -0.05) is 6.92 Å². The number of ether oxygens (including phenoxy) is 1. The third-order valence-corrected chi connectivity index (χ3v) is 1.78. The lowest BCUT2D eigenvalue weighted by atomic mass is 10.2. The van der Waals surface area contributed by atoms with E-state index >= 15 is 0 Å². The molecule has 0 aliphatic heterocycles. The standard InChI is InChI=1S/C10H21NO3/c1-3-7-14-8-10(13)11-9(2)5-4-6-12/h9,12H,3-8H2,1-2H3,(H,11,13). The van der Waals surface area contributed by atoms with Gasteiger partial charge in [0.05, 0.1) is 0 Å². The van der Waals surface area contributed by atoms with Crippen LogP contribution < -0.4 is 5.32 Å². The van der Waals surface area contributed by atoms with E-state index in [0.29, 0.717) is 6.61 Å². The predicted molar refractivity (Wildman–Crippen MR) is 55.0 cm³/mol. The van der Waals surface area contributed by atoms with Gasteiger partial charge in [0, 0.05) is 19.3 Å². The topological polar surface area (TPSA) is 58.6 Å². The summed E-state index contributed by atoms with van der Waals surface area (Å²) in [5.41, 5.74) is 0. The number of hydrogen-bond donors (Lipinski definition) is 2. The van der Waals surface area contributed by atoms with Gasteiger partial charge in [-0.05, 0) is 26.2 Å². The molecule has 0 aromatic rings. The van der Waals surface area contributed by atoms with E-state index in [1.54, 1.807) is 0 Å². The Morgan fingerprint density at radius 1 is 1.57 bits per heavy atom. The van der Waals surface area contributed by atoms with Crippen LogP contribution in [0.25, 0.3) is 0 Å². The van der Waals surface area contributed by atoms with Crippen molar-refractivity contribution >= 4 is 5.91 Å². The lowest BCUT2D eigenvalue weighted by Crippen LogP contribution is -2.35. The molecule has 0 bridgehead atoms. The van der Waals surface area contributed by atoms with Gasteiger partial charge < -0.3 is 15.2 Å². The van der Waals surface area contributed by atoms with Crippen molar-refractivity contribution in [3.05, 3.63) is 0 Å². The molecular weight excluding hydrogens is 182 g/mol. The molecule has 1 unspecified atom stereocenters. The van der Waals surface area contributed by atoms with Gasteiger partial charge in [0.1, 0.15) is 6.61 Å². The first-order valence-corrected chi connectivity index (χ1v) is 5.18. The molecule has 14 heavy (non-hydrogen) atoms. The number of carbonyl (C=O) groups excluding carboxylic acids is 1. The summed E-state index contributed by atoms with van der Waals surface area (Å²) in [5.74, 6) is -0.0797. The molecule has 0 radical (unpaired) electrons. The van der Waals surface area contributed by atoms with Crippen LogP contribution in [0.5, 0.6) is 0 Å². The van der Waals surface area contributed by atoms with Crippen molar-refractivity contribution in [1.29, 1.82) is 0 Å². The van der Waals surface area contributed by atoms with E-state index in [1.165, 1.54) is 0 Å². The molecule has 0 aliphatic rings. The van der Waals surface area contributed by atoms with Crippen molar-refractivity contribution in [2.45, 2.75) is 39.2 Å². The number of carbonyl (C=O) groups is 1. The van der Waals surface area contributed by atoms with E-state index in [0.717, 1.165) is 19.3 Å². The van der Waals surface area contributed by atoms with E-state index < -0.39 is 0 Å². The van der Waals surface area contributed by atoms with Gasteiger partial charge in [0.15, 0.2) is 0 Å². The quantitative estimate of drug-likeness (QED) is 0.571. The summed E-state index contributed by atoms with van der Waals surface area (Å²) < 4.78 is 5.09. The minimum absolute atomic E-state index is 0.0797. The molecule has 4 heteroatoms. The maximum atomic E-state index is 11.2. The fraction of sp³-hybridized carbons (Fsp3) is 0.900. The summed E-state index contributed by atoms with van der Waals surface area (Å²) in [6.45, 7) is 4.86. The zero-order valence-electron chi connectivity index (χ0n) is 9.08. The van der Waals surface area contributed by atoms with Crippen LogP contribution in [0.3, 0.4) is 0 Å². The first-order valence-electron chi connectivity index (χ1n) is 5.18. The van der Waals surface area contributed by atoms with Crippen LogP contribution in [-0.4, -0.2) is 36.9 Å². The Labute approximate surface area is 85.6 Å². The lowest BCUT2D eigenvalue weighted by molar-refractivity contribution is -0.126. The van der Waals surface area contributed by atoms with Crippen LogP contribution in [0.15, 0.2) is 0 Å². The highest BCUT2D eigenvalue weighted by Gasteiger charge is 2.06. The molecule has 0 saturated carbocycles. The van der Waals surface area contributed by atoms with Crippen molar-refractivity contribution in [2.24, 2.45) is 0 Å². The molecule has 4 nitrogen and oxygen atoms in total. The molecule has 0 rings (SSSR count). The molecule has 0 aliphatic carbocycles. The summed E-state index contributed by atoms with van der Waals surface area (Å²) in [4.78, 5) is 11.2. The Morgan fingerprint density at radius 2 is 2.29 bits per heavy atom. The number of nitrogens with one attached hydrogen (secondary N) is 1. The minimum atomic E-state index is -0.0797. The number of aliphatic hydroxyl groups is 1. The van der Waals surface area contributed by atoms with Crippen LogP contribution in [-0.2, 0) is 9.53 Å². The molecule has 0 aromatic heterocycles. The molecule has 0 heterocycles. The third kappa shape index (κ3) is 8.01. The minimum Gasteiger partial charge on any atom is -0.396 e. The van der Waals surface area contributed by atoms with Crippen LogP contribution >= 0.6 is 0 Å². The molecule has 2 N–H and O–H groups in total. The molecule has 0 aromatic carbocycles. The Balaban J connectivity index is 3.40. The normalized spacial score (nSPS) is 12.5. The van der Waals surface area contributed by atoms with Crippen molar-refractivity contribution < 1.29 is 14.6 Å². The number of rotatable bonds is 8. The molecule has 1 atom stereocenters. The second-order valence-electron chi connectivity index (χ2n) is 3.39. The molecule has 0 fully saturated rings. The van der Waals surface area contributed by atoms with Crippen molar-refractivity contribution in [3.63, 3.8) is 0 Å². The highest BCUT2D eigenvalue weighted by molar-refractivity contribution is 5.77. The monoisotopic (exact) mass is 203 g/mol. The van der Waals surface area contributed by atoms with E-state index in [4.69, 9.17) is 9.84 Å². The summed E-state index contributed by atoms with van der Waals surface area (Å²) in [6.07, 6.45) is 2.45. The van der Waals surface area contributed by atoms with Crippen LogP contribution in [0.2, 0.25) is 0 Å². The van der Waals surface area contributed by atoms with E-state index in [-0.39, 0.29) is 25.2 Å². The molecule has 0 spiro atoms. The van der Waals surface area contributed by atoms with Gasteiger partial charge in [-0.3, -0.25) is 4.79 Å². The summed E-state index contributed by atoms with van der Waals surface area (Å²) in [5, 5.41) is 11.4. The van der Waals surface area contributed by atoms with Crippen LogP contribution in [0, 0.1) is 0 Å². The smallest absolute Gasteiger partial charge is 0.246 e. The Kier molecular flexibility index (Phi) is 8.57. The largest absolute Gasteiger partial charge is 0.396 e. The molecular formula is C10H21NO3. The SMILES string of the molecule is CCCOCC(=O)NC(C)CCCO. The summed E-state index contributed by atoms with van der Waals surface area (Å²) >= 11 is 0. The Morgan fingerprint density at radius 3 is 2.86 bits per heavy atom. The Hall–Kier alpha value is -0.610. The van der Waals surface area contributed by atoms with Crippen LogP contribution in [0.1, 0.15) is 33.1 Å². The molecule has 1 amide bonds. The highest BCUT2D eigenvalue weighted by atomic mass is 16.5. The van der Waals surface area contributed by atoms with Crippen LogP contribution in [0.4, 0.5) is 0 Å². The first-order chi connectivity index (χ1) is 6.70. The zero-order chi connectivity index (χ0) is 10.8. The fourth-order valence-corrected chi connectivity index (χ4v) is 1.10. The Bertz CT molecular complexity index is 150. The zero-order valence-corrected chi connectivity index (χ0v) is 9.08. The van der Waals surface area contributed by atoms with Gasteiger partial charge in [-0.15, -0.1) is 0 Å². The van der Waals surface area contributed by atoms with Crippen molar-refractivity contribution in [3.8, 4) is 0 Å². The number of amides is 1. The van der Waals surface area contributed by atoms with Gasteiger partial charge in [0.25, 0.3) is 0 Å².